The number of hydrogen-bond donors (Lipinski definition) is 0. The van der Waals surface area contributed by atoms with Crippen LogP contribution in [0.5, 0.6) is 5.75 Å². The Kier molecular flexibility index (Phi) is 11.2. The van der Waals surface area contributed by atoms with Crippen LogP contribution in [0, 0.1) is 0 Å². The van der Waals surface area contributed by atoms with Gasteiger partial charge < -0.3 is 4.74 Å². The summed E-state index contributed by atoms with van der Waals surface area (Å²) in [5.74, 6) is 0.690. The zero-order chi connectivity index (χ0) is 16.2. The van der Waals surface area contributed by atoms with Crippen molar-refractivity contribution < 1.29 is 4.74 Å². The van der Waals surface area contributed by atoms with Crippen LogP contribution >= 0.6 is 34.8 Å². The largest absolute Gasteiger partial charge is 0.493 e. The predicted molar refractivity (Wildman–Crippen MR) is 98.8 cm³/mol. The van der Waals surface area contributed by atoms with Gasteiger partial charge in [-0.05, 0) is 6.42 Å². The van der Waals surface area contributed by atoms with Gasteiger partial charge in [-0.1, -0.05) is 99.5 Å². The van der Waals surface area contributed by atoms with Crippen molar-refractivity contribution in [2.45, 2.75) is 71.1 Å². The molecule has 1 nitrogen and oxygen atoms in total. The second kappa shape index (κ2) is 12.3. The molecule has 0 aromatic heterocycles. The van der Waals surface area contributed by atoms with E-state index in [1.54, 1.807) is 12.1 Å². The van der Waals surface area contributed by atoms with Crippen LogP contribution < -0.4 is 4.74 Å². The van der Waals surface area contributed by atoms with Gasteiger partial charge in [0.25, 0.3) is 0 Å². The molecule has 0 amide bonds. The van der Waals surface area contributed by atoms with Crippen molar-refractivity contribution in [2.75, 3.05) is 6.61 Å². The summed E-state index contributed by atoms with van der Waals surface area (Å²) >= 11 is 17.8. The summed E-state index contributed by atoms with van der Waals surface area (Å²) in [6, 6.07) is 3.43. The van der Waals surface area contributed by atoms with Crippen LogP contribution in [0.15, 0.2) is 12.1 Å². The van der Waals surface area contributed by atoms with Crippen molar-refractivity contribution in [3.63, 3.8) is 0 Å². The van der Waals surface area contributed by atoms with Gasteiger partial charge in [-0.25, -0.2) is 0 Å². The quantitative estimate of drug-likeness (QED) is 0.270. The number of unbranched alkanes of at least 4 members (excludes halogenated alkanes) is 9. The molecule has 0 N–H and O–H groups in total. The smallest absolute Gasteiger partial charge is 0.122 e. The number of ether oxygens (including phenoxy) is 1. The molecule has 0 saturated carbocycles. The van der Waals surface area contributed by atoms with Gasteiger partial charge in [-0.3, -0.25) is 0 Å². The van der Waals surface area contributed by atoms with E-state index in [1.807, 2.05) is 0 Å². The van der Waals surface area contributed by atoms with Gasteiger partial charge in [-0.2, -0.15) is 0 Å². The molecule has 0 heterocycles. The number of benzene rings is 1. The van der Waals surface area contributed by atoms with Crippen LogP contribution in [0.1, 0.15) is 71.1 Å². The maximum Gasteiger partial charge on any atom is 0.122 e. The minimum Gasteiger partial charge on any atom is -0.493 e. The molecule has 1 aromatic rings. The minimum atomic E-state index is 0.384. The van der Waals surface area contributed by atoms with E-state index in [0.29, 0.717) is 27.4 Å². The van der Waals surface area contributed by atoms with Crippen molar-refractivity contribution in [2.24, 2.45) is 0 Å². The summed E-state index contributed by atoms with van der Waals surface area (Å²) in [6.07, 6.45) is 13.2. The van der Waals surface area contributed by atoms with Crippen LogP contribution in [-0.4, -0.2) is 6.61 Å². The molecule has 1 rings (SSSR count). The molecule has 0 aliphatic heterocycles. The Balaban J connectivity index is 2.00. The fraction of sp³-hybridized carbons (Fsp3) is 0.667. The van der Waals surface area contributed by atoms with E-state index in [2.05, 4.69) is 6.92 Å². The first-order valence-corrected chi connectivity index (χ1v) is 9.56. The Morgan fingerprint density at radius 1 is 0.727 bits per heavy atom. The SMILES string of the molecule is CCCCCCCCCCCCOc1cc(Cl)c(Cl)c(Cl)c1. The van der Waals surface area contributed by atoms with E-state index in [0.717, 1.165) is 6.42 Å². The highest BCUT2D eigenvalue weighted by atomic mass is 35.5. The molecule has 0 spiro atoms. The first-order chi connectivity index (χ1) is 10.6. The highest BCUT2D eigenvalue weighted by Gasteiger charge is 2.06. The summed E-state index contributed by atoms with van der Waals surface area (Å²) in [7, 11) is 0. The van der Waals surface area contributed by atoms with Crippen molar-refractivity contribution >= 4 is 34.8 Å². The minimum absolute atomic E-state index is 0.384. The molecular formula is C18H27Cl3O. The van der Waals surface area contributed by atoms with Gasteiger partial charge in [-0.15, -0.1) is 0 Å². The van der Waals surface area contributed by atoms with Crippen LogP contribution in [-0.2, 0) is 0 Å². The average Bonchev–Trinajstić information content (AvgIpc) is 2.50. The second-order valence-electron chi connectivity index (χ2n) is 5.73. The Labute approximate surface area is 150 Å². The molecule has 126 valence electrons. The van der Waals surface area contributed by atoms with Gasteiger partial charge in [0.05, 0.1) is 21.7 Å². The van der Waals surface area contributed by atoms with Gasteiger partial charge in [0, 0.05) is 12.1 Å². The Morgan fingerprint density at radius 2 is 1.18 bits per heavy atom. The first kappa shape index (κ1) is 19.9. The highest BCUT2D eigenvalue weighted by Crippen LogP contribution is 2.34. The molecule has 0 radical (unpaired) electrons. The molecule has 0 unspecified atom stereocenters. The lowest BCUT2D eigenvalue weighted by Crippen LogP contribution is -1.97. The summed E-state index contributed by atoms with van der Waals surface area (Å²) < 4.78 is 5.67. The number of halogens is 3. The zero-order valence-electron chi connectivity index (χ0n) is 13.5. The van der Waals surface area contributed by atoms with Crippen molar-refractivity contribution in [1.29, 1.82) is 0 Å². The Bertz CT molecular complexity index is 398. The third-order valence-electron chi connectivity index (χ3n) is 3.72. The zero-order valence-corrected chi connectivity index (χ0v) is 15.7. The lowest BCUT2D eigenvalue weighted by molar-refractivity contribution is 0.304. The molecule has 0 aliphatic rings. The van der Waals surface area contributed by atoms with Crippen molar-refractivity contribution in [3.8, 4) is 5.75 Å². The van der Waals surface area contributed by atoms with E-state index in [9.17, 15) is 0 Å². The summed E-state index contributed by atoms with van der Waals surface area (Å²) in [4.78, 5) is 0. The molecule has 4 heteroatoms. The number of rotatable bonds is 12. The maximum atomic E-state index is 5.97. The molecule has 0 saturated heterocycles. The maximum absolute atomic E-state index is 5.97. The summed E-state index contributed by atoms with van der Waals surface area (Å²) in [6.45, 7) is 2.96. The third kappa shape index (κ3) is 8.50. The van der Waals surface area contributed by atoms with Crippen LogP contribution in [0.2, 0.25) is 15.1 Å². The van der Waals surface area contributed by atoms with E-state index in [4.69, 9.17) is 39.5 Å². The molecule has 22 heavy (non-hydrogen) atoms. The Hall–Kier alpha value is -0.110. The molecule has 0 bridgehead atoms. The van der Waals surface area contributed by atoms with Gasteiger partial charge in [0.2, 0.25) is 0 Å². The van der Waals surface area contributed by atoms with E-state index in [1.165, 1.54) is 57.8 Å². The fourth-order valence-corrected chi connectivity index (χ4v) is 2.97. The van der Waals surface area contributed by atoms with Crippen LogP contribution in [0.25, 0.3) is 0 Å². The van der Waals surface area contributed by atoms with E-state index in [-0.39, 0.29) is 0 Å². The lowest BCUT2D eigenvalue weighted by Gasteiger charge is -2.08. The average molecular weight is 366 g/mol. The number of hydrogen-bond acceptors (Lipinski definition) is 1. The summed E-state index contributed by atoms with van der Waals surface area (Å²) in [5.41, 5.74) is 0. The lowest BCUT2D eigenvalue weighted by atomic mass is 10.1. The highest BCUT2D eigenvalue weighted by molar-refractivity contribution is 6.48. The molecular weight excluding hydrogens is 339 g/mol. The van der Waals surface area contributed by atoms with Gasteiger partial charge in [0.15, 0.2) is 0 Å². The van der Waals surface area contributed by atoms with E-state index >= 15 is 0 Å². The molecule has 0 aliphatic carbocycles. The van der Waals surface area contributed by atoms with Gasteiger partial charge >= 0.3 is 0 Å². The Morgan fingerprint density at radius 3 is 1.68 bits per heavy atom. The van der Waals surface area contributed by atoms with E-state index < -0.39 is 0 Å². The standard InChI is InChI=1S/C18H27Cl3O/c1-2-3-4-5-6-7-8-9-10-11-12-22-15-13-16(19)18(21)17(20)14-15/h13-14H,2-12H2,1H3. The van der Waals surface area contributed by atoms with Crippen molar-refractivity contribution in [1.82, 2.24) is 0 Å². The molecule has 0 atom stereocenters. The second-order valence-corrected chi connectivity index (χ2v) is 6.92. The molecule has 1 aromatic carbocycles. The fourth-order valence-electron chi connectivity index (χ4n) is 2.40. The topological polar surface area (TPSA) is 9.23 Å². The third-order valence-corrected chi connectivity index (χ3v) is 4.92. The first-order valence-electron chi connectivity index (χ1n) is 8.42. The molecule has 0 fully saturated rings. The monoisotopic (exact) mass is 364 g/mol. The normalized spacial score (nSPS) is 10.9. The predicted octanol–water partition coefficient (Wildman–Crippen LogP) is 7.95. The van der Waals surface area contributed by atoms with Crippen LogP contribution in [0.3, 0.4) is 0 Å². The van der Waals surface area contributed by atoms with Crippen molar-refractivity contribution in [3.05, 3.63) is 27.2 Å². The summed E-state index contributed by atoms with van der Waals surface area (Å²) in [5, 5.41) is 1.26. The van der Waals surface area contributed by atoms with Gasteiger partial charge in [0.1, 0.15) is 5.75 Å². The van der Waals surface area contributed by atoms with Crippen LogP contribution in [0.4, 0.5) is 0 Å².